The summed E-state index contributed by atoms with van der Waals surface area (Å²) in [5.41, 5.74) is 0.199. The summed E-state index contributed by atoms with van der Waals surface area (Å²) in [5.74, 6) is 3.46. The van der Waals surface area contributed by atoms with Crippen LogP contribution in [0, 0.1) is 14.8 Å². The maximum atomic E-state index is 3.69. The van der Waals surface area contributed by atoms with Crippen LogP contribution in [0.5, 0.6) is 0 Å². The van der Waals surface area contributed by atoms with Gasteiger partial charge in [-0.15, -0.1) is 0 Å². The summed E-state index contributed by atoms with van der Waals surface area (Å²) in [6, 6.07) is 0. The number of hydrogen-bond acceptors (Lipinski definition) is 0. The van der Waals surface area contributed by atoms with Crippen molar-refractivity contribution in [2.45, 2.75) is 53.5 Å². The van der Waals surface area contributed by atoms with Crippen LogP contribution < -0.4 is 0 Å². The molecule has 0 radical (unpaired) electrons. The minimum atomic E-state index is -2.06. The SMILES string of the molecule is C[CH2][Pb]([C]#CC(C)(C)C)([CH2]C)[CH2]C. The second-order valence-electron chi connectivity index (χ2n) is 4.84. The molecule has 0 spiro atoms. The Balaban J connectivity index is 4.66. The summed E-state index contributed by atoms with van der Waals surface area (Å²) < 4.78 is 7.87. The van der Waals surface area contributed by atoms with Crippen molar-refractivity contribution in [1.29, 1.82) is 0 Å². The van der Waals surface area contributed by atoms with E-state index in [4.69, 9.17) is 0 Å². The van der Waals surface area contributed by atoms with Crippen LogP contribution in [0.4, 0.5) is 0 Å². The third-order valence-electron chi connectivity index (χ3n) is 2.73. The Bertz CT molecular complexity index is 187. The Hall–Kier alpha value is 0.482. The van der Waals surface area contributed by atoms with Crippen molar-refractivity contribution in [3.8, 4) is 9.40 Å². The van der Waals surface area contributed by atoms with Gasteiger partial charge in [0.25, 0.3) is 0 Å². The molecule has 0 fully saturated rings. The molecule has 13 heavy (non-hydrogen) atoms. The van der Waals surface area contributed by atoms with Crippen LogP contribution in [0.3, 0.4) is 0 Å². The molecular weight excluding hydrogens is 351 g/mol. The van der Waals surface area contributed by atoms with Crippen molar-refractivity contribution in [2.24, 2.45) is 5.41 Å². The molecule has 0 aliphatic rings. The Morgan fingerprint density at radius 3 is 1.54 bits per heavy atom. The van der Waals surface area contributed by atoms with E-state index in [1.54, 1.807) is 0 Å². The van der Waals surface area contributed by atoms with Gasteiger partial charge in [0.2, 0.25) is 0 Å². The van der Waals surface area contributed by atoms with Gasteiger partial charge in [-0.3, -0.25) is 0 Å². The van der Waals surface area contributed by atoms with Crippen LogP contribution >= 0.6 is 0 Å². The van der Waals surface area contributed by atoms with Gasteiger partial charge in [0.15, 0.2) is 0 Å². The number of rotatable bonds is 3. The molecule has 0 rings (SSSR count). The van der Waals surface area contributed by atoms with Crippen molar-refractivity contribution < 1.29 is 0 Å². The first kappa shape index (κ1) is 13.5. The molecule has 0 saturated carbocycles. The van der Waals surface area contributed by atoms with Crippen molar-refractivity contribution in [3.63, 3.8) is 0 Å². The summed E-state index contributed by atoms with van der Waals surface area (Å²) in [6.45, 7) is 13.6. The topological polar surface area (TPSA) is 0 Å². The maximum absolute atomic E-state index is 3.69. The van der Waals surface area contributed by atoms with E-state index in [1.807, 2.05) is 0 Å². The van der Waals surface area contributed by atoms with Gasteiger partial charge in [0.1, 0.15) is 0 Å². The monoisotopic (exact) mass is 376 g/mol. The predicted octanol–water partition coefficient (Wildman–Crippen LogP) is 4.08. The molecule has 0 aromatic carbocycles. The van der Waals surface area contributed by atoms with E-state index in [2.05, 4.69) is 50.9 Å². The standard InChI is InChI=1S/C6H9.3C2H5.Pb/c1-5-6(2,3)4;3*1-2;/h2-4H3;3*1H2,2H3;. The van der Waals surface area contributed by atoms with E-state index in [0.29, 0.717) is 0 Å². The molecule has 0 aromatic heterocycles. The van der Waals surface area contributed by atoms with Gasteiger partial charge in [-0.05, 0) is 0 Å². The Kier molecular flexibility index (Phi) is 5.58. The van der Waals surface area contributed by atoms with E-state index in [0.717, 1.165) is 0 Å². The average Bonchev–Trinajstić information content (AvgIpc) is 2.06. The van der Waals surface area contributed by atoms with Crippen LogP contribution in [-0.4, -0.2) is 21.2 Å². The van der Waals surface area contributed by atoms with Gasteiger partial charge in [-0.2, -0.15) is 0 Å². The minimum absolute atomic E-state index is 0.199. The molecular formula is C12H24Pb. The molecule has 0 amide bonds. The van der Waals surface area contributed by atoms with Crippen molar-refractivity contribution in [2.75, 3.05) is 0 Å². The second-order valence-corrected chi connectivity index (χ2v) is 24.0. The van der Waals surface area contributed by atoms with Crippen molar-refractivity contribution >= 4 is 21.2 Å². The molecule has 0 N–H and O–H groups in total. The second kappa shape index (κ2) is 5.38. The molecule has 0 aliphatic heterocycles. The van der Waals surface area contributed by atoms with E-state index in [1.165, 1.54) is 11.9 Å². The van der Waals surface area contributed by atoms with E-state index in [9.17, 15) is 0 Å². The fourth-order valence-electron chi connectivity index (χ4n) is 1.34. The Morgan fingerprint density at radius 1 is 0.923 bits per heavy atom. The fourth-order valence-corrected chi connectivity index (χ4v) is 11.7. The zero-order valence-electron chi connectivity index (χ0n) is 10.1. The van der Waals surface area contributed by atoms with Crippen LogP contribution in [0.1, 0.15) is 41.5 Å². The van der Waals surface area contributed by atoms with Crippen LogP contribution in [0.15, 0.2) is 0 Å². The number of hydrogen-bond donors (Lipinski definition) is 0. The molecule has 0 nitrogen and oxygen atoms in total. The van der Waals surface area contributed by atoms with Gasteiger partial charge in [0, 0.05) is 0 Å². The Labute approximate surface area is 89.2 Å². The molecule has 0 heterocycles. The molecule has 0 saturated heterocycles. The van der Waals surface area contributed by atoms with Crippen LogP contribution in [0.2, 0.25) is 11.9 Å². The molecule has 1 heteroatoms. The molecule has 0 aliphatic carbocycles. The van der Waals surface area contributed by atoms with Gasteiger partial charge in [-0.25, -0.2) is 0 Å². The molecule has 0 bridgehead atoms. The van der Waals surface area contributed by atoms with Gasteiger partial charge in [-0.1, -0.05) is 0 Å². The van der Waals surface area contributed by atoms with Crippen molar-refractivity contribution in [3.05, 3.63) is 0 Å². The van der Waals surface area contributed by atoms with Gasteiger partial charge >= 0.3 is 89.5 Å². The zero-order chi connectivity index (χ0) is 10.5. The van der Waals surface area contributed by atoms with Crippen LogP contribution in [0.25, 0.3) is 0 Å². The summed E-state index contributed by atoms with van der Waals surface area (Å²) in [7, 11) is 0. The molecule has 0 atom stereocenters. The van der Waals surface area contributed by atoms with Gasteiger partial charge in [0.05, 0.1) is 0 Å². The third-order valence-corrected chi connectivity index (χ3v) is 21.1. The summed E-state index contributed by atoms with van der Waals surface area (Å²) in [5, 5.41) is 0. The summed E-state index contributed by atoms with van der Waals surface area (Å²) in [4.78, 5) is 0. The first-order valence-corrected chi connectivity index (χ1v) is 15.6. The fraction of sp³-hybridized carbons (Fsp3) is 0.833. The molecule has 76 valence electrons. The summed E-state index contributed by atoms with van der Waals surface area (Å²) >= 11 is -2.06. The van der Waals surface area contributed by atoms with E-state index < -0.39 is 21.2 Å². The van der Waals surface area contributed by atoms with Crippen LogP contribution in [-0.2, 0) is 0 Å². The molecule has 0 aromatic rings. The van der Waals surface area contributed by atoms with Crippen molar-refractivity contribution in [1.82, 2.24) is 0 Å². The van der Waals surface area contributed by atoms with E-state index in [-0.39, 0.29) is 5.41 Å². The first-order valence-electron chi connectivity index (χ1n) is 5.43. The Morgan fingerprint density at radius 2 is 1.31 bits per heavy atom. The quantitative estimate of drug-likeness (QED) is 0.515. The first-order chi connectivity index (χ1) is 5.89. The predicted molar refractivity (Wildman–Crippen MR) is 64.4 cm³/mol. The average molecular weight is 376 g/mol. The molecule has 0 unspecified atom stereocenters. The normalized spacial score (nSPS) is 12.2. The van der Waals surface area contributed by atoms with E-state index >= 15 is 0 Å². The zero-order valence-corrected chi connectivity index (χ0v) is 14.0. The van der Waals surface area contributed by atoms with Gasteiger partial charge < -0.3 is 0 Å². The summed E-state index contributed by atoms with van der Waals surface area (Å²) in [6.07, 6.45) is 0. The third kappa shape index (κ3) is 5.05.